The Bertz CT molecular complexity index is 43.6. The van der Waals surface area contributed by atoms with Gasteiger partial charge in [0.15, 0.2) is 0 Å². The molecule has 8 heteroatoms. The normalized spacial score (nSPS) is 14.4. The molecule has 0 saturated heterocycles. The van der Waals surface area contributed by atoms with Gasteiger partial charge in [0, 0.05) is 0 Å². The van der Waals surface area contributed by atoms with Gasteiger partial charge in [0.05, 0.1) is 0 Å². The van der Waals surface area contributed by atoms with Gasteiger partial charge in [0.25, 0.3) is 0 Å². The summed E-state index contributed by atoms with van der Waals surface area (Å²) in [5.74, 6) is 0. The van der Waals surface area contributed by atoms with Gasteiger partial charge in [-0.25, -0.2) is 0 Å². The van der Waals surface area contributed by atoms with E-state index >= 15 is 0 Å². The molecular formula is H5F5Sb2Sn. The first kappa shape index (κ1) is 16.6. The molecule has 0 aromatic rings. The van der Waals surface area contributed by atoms with E-state index in [1.54, 1.807) is 0 Å². The van der Waals surface area contributed by atoms with E-state index in [4.69, 9.17) is 0 Å². The Morgan fingerprint density at radius 1 is 0.750 bits per heavy atom. The Morgan fingerprint density at radius 2 is 0.750 bits per heavy atom. The molecule has 0 fully saturated rings. The molecule has 0 unspecified atom stereocenters. The Morgan fingerprint density at radius 3 is 0.750 bits per heavy atom. The van der Waals surface area contributed by atoms with Crippen LogP contribution in [-0.2, 0) is 0 Å². The van der Waals surface area contributed by atoms with E-state index in [-0.39, 0.29) is 48.3 Å². The van der Waals surface area contributed by atoms with Crippen molar-refractivity contribution in [1.29, 1.82) is 0 Å². The number of hydrogen-bond acceptors (Lipinski definition) is 0. The van der Waals surface area contributed by atoms with Gasteiger partial charge in [-0.15, -0.1) is 0 Å². The van der Waals surface area contributed by atoms with E-state index in [0.29, 0.717) is 0 Å². The maximum absolute atomic E-state index is 9.91. The average Bonchev–Trinajstić information content (AvgIpc) is 0.650. The zero-order valence-electron chi connectivity index (χ0n) is 3.75. The second-order valence-corrected chi connectivity index (χ2v) is 4.29. The minimum atomic E-state index is -9.19. The third kappa shape index (κ3) is 93.4. The van der Waals surface area contributed by atoms with E-state index in [2.05, 4.69) is 0 Å². The Hall–Kier alpha value is 2.09. The molecule has 54 valence electrons. The fourth-order valence-corrected chi connectivity index (χ4v) is 0. The Kier molecular flexibility index (Phi) is 8.43. The summed E-state index contributed by atoms with van der Waals surface area (Å²) >= 11 is -9.19. The molecule has 0 saturated carbocycles. The summed E-state index contributed by atoms with van der Waals surface area (Å²) in [4.78, 5) is 0. The molecule has 0 bridgehead atoms. The first-order valence-electron chi connectivity index (χ1n) is 0.845. The van der Waals surface area contributed by atoms with Crippen LogP contribution < -0.4 is 0 Å². The third-order valence-electron chi connectivity index (χ3n) is 0. The molecule has 2 radical (unpaired) electrons. The fraction of sp³-hybridized carbons (Fsp3) is 0. The summed E-state index contributed by atoms with van der Waals surface area (Å²) in [5, 5.41) is 0. The molecule has 0 N–H and O–H groups in total. The second kappa shape index (κ2) is 4.07. The topological polar surface area (TPSA) is 0 Å². The van der Waals surface area contributed by atoms with Gasteiger partial charge in [-0.3, -0.25) is 0 Å². The van der Waals surface area contributed by atoms with Crippen molar-refractivity contribution >= 4 is 68.6 Å². The molecule has 0 rings (SSSR count). The van der Waals surface area contributed by atoms with Crippen LogP contribution in [0.5, 0.6) is 0 Å². The van der Waals surface area contributed by atoms with Gasteiger partial charge < -0.3 is 0 Å². The predicted molar refractivity (Wildman–Crippen MR) is 29.8 cm³/mol. The van der Waals surface area contributed by atoms with Crippen molar-refractivity contribution in [3.05, 3.63) is 0 Å². The van der Waals surface area contributed by atoms with E-state index in [9.17, 15) is 14.1 Å². The minimum absolute atomic E-state index is 0. The summed E-state index contributed by atoms with van der Waals surface area (Å²) in [6, 6.07) is 0. The molecule has 0 heterocycles. The van der Waals surface area contributed by atoms with E-state index < -0.39 is 20.3 Å². The molecule has 0 nitrogen and oxygen atoms in total. The zero-order chi connectivity index (χ0) is 5.45. The first-order valence-corrected chi connectivity index (χ1v) is 5.67. The Balaban J connectivity index is -0.000000125. The van der Waals surface area contributed by atoms with Crippen LogP contribution in [0.3, 0.4) is 0 Å². The van der Waals surface area contributed by atoms with Crippen LogP contribution in [0.25, 0.3) is 0 Å². The molecule has 8 heavy (non-hydrogen) atoms. The molecule has 0 atom stereocenters. The monoisotopic (exact) mass is 462 g/mol. The molecule has 0 aromatic heterocycles. The van der Waals surface area contributed by atoms with Gasteiger partial charge >= 0.3 is 82.7 Å². The second-order valence-electron chi connectivity index (χ2n) is 0.639. The van der Waals surface area contributed by atoms with Gasteiger partial charge in [0.2, 0.25) is 0 Å². The van der Waals surface area contributed by atoms with Gasteiger partial charge in [-0.1, -0.05) is 0 Å². The average molecular weight is 462 g/mol. The number of hydrogen-bond donors (Lipinski definition) is 0. The first-order chi connectivity index (χ1) is 2.24. The van der Waals surface area contributed by atoms with Crippen LogP contribution >= 0.6 is 0 Å². The Labute approximate surface area is 81.6 Å². The quantitative estimate of drug-likeness (QED) is 0.341. The molecule has 0 aliphatic carbocycles. The fourth-order valence-electron chi connectivity index (χ4n) is 0. The summed E-state index contributed by atoms with van der Waals surface area (Å²) in [5.41, 5.74) is 0. The van der Waals surface area contributed by atoms with Crippen molar-refractivity contribution in [3.63, 3.8) is 0 Å². The van der Waals surface area contributed by atoms with Gasteiger partial charge in [-0.2, -0.15) is 0 Å². The van der Waals surface area contributed by atoms with Crippen LogP contribution in [0.1, 0.15) is 0 Å². The number of rotatable bonds is 0. The van der Waals surface area contributed by atoms with E-state index in [1.165, 1.54) is 0 Å². The van der Waals surface area contributed by atoms with Crippen LogP contribution in [0, 0.1) is 0 Å². The van der Waals surface area contributed by atoms with Gasteiger partial charge in [0.1, 0.15) is 0 Å². The van der Waals surface area contributed by atoms with E-state index in [1.807, 2.05) is 0 Å². The van der Waals surface area contributed by atoms with Crippen molar-refractivity contribution in [3.8, 4) is 0 Å². The zero-order valence-corrected chi connectivity index (χ0v) is 14.4. The molecular weight excluding hydrogens is 457 g/mol. The molecule has 0 aliphatic rings. The van der Waals surface area contributed by atoms with Crippen molar-refractivity contribution in [2.75, 3.05) is 0 Å². The number of halogens is 5. The molecule has 0 aliphatic heterocycles. The van der Waals surface area contributed by atoms with E-state index in [0.717, 1.165) is 0 Å². The standard InChI is InChI=1S/5FH.2Sb.Sn.5H/h5*1H;;;;;;;;/q;;;;;;+5;;;;;;/p-5. The van der Waals surface area contributed by atoms with Crippen molar-refractivity contribution in [2.24, 2.45) is 0 Å². The van der Waals surface area contributed by atoms with Crippen molar-refractivity contribution < 1.29 is 14.1 Å². The summed E-state index contributed by atoms with van der Waals surface area (Å²) < 4.78 is 49.6. The summed E-state index contributed by atoms with van der Waals surface area (Å²) in [6.45, 7) is 0. The van der Waals surface area contributed by atoms with Gasteiger partial charge in [-0.05, 0) is 0 Å². The van der Waals surface area contributed by atoms with Crippen LogP contribution in [0.15, 0.2) is 0 Å². The van der Waals surface area contributed by atoms with Crippen LogP contribution in [-0.4, -0.2) is 68.6 Å². The SMILES string of the molecule is [F][Sb]([F])([F])([F])[F].[SbH3].[SnH2]. The maximum atomic E-state index is 9.91. The summed E-state index contributed by atoms with van der Waals surface area (Å²) in [6.07, 6.45) is 0. The molecule has 0 spiro atoms. The van der Waals surface area contributed by atoms with Crippen molar-refractivity contribution in [1.82, 2.24) is 0 Å². The van der Waals surface area contributed by atoms with Crippen LogP contribution in [0.4, 0.5) is 14.1 Å². The molecule has 0 aromatic carbocycles. The molecule has 0 amide bonds. The van der Waals surface area contributed by atoms with Crippen LogP contribution in [0.2, 0.25) is 0 Å². The summed E-state index contributed by atoms with van der Waals surface area (Å²) in [7, 11) is 0. The third-order valence-corrected chi connectivity index (χ3v) is 0. The van der Waals surface area contributed by atoms with Crippen molar-refractivity contribution in [2.45, 2.75) is 0 Å². The predicted octanol–water partition coefficient (Wildman–Crippen LogP) is -0.380.